The van der Waals surface area contributed by atoms with Gasteiger partial charge in [-0.3, -0.25) is 4.79 Å². The predicted molar refractivity (Wildman–Crippen MR) is 113 cm³/mol. The monoisotopic (exact) mass is 374 g/mol. The molecule has 28 heavy (non-hydrogen) atoms. The molecule has 0 fully saturated rings. The van der Waals surface area contributed by atoms with E-state index in [-0.39, 0.29) is 11.9 Å². The zero-order valence-electron chi connectivity index (χ0n) is 16.6. The SMILES string of the molecule is CCC(C)NC(=O)c1cc(NCc2ccccc2C)nc(-c2ccccc2)n1. The number of amides is 1. The van der Waals surface area contributed by atoms with Crippen LogP contribution in [0, 0.1) is 6.92 Å². The molecule has 5 nitrogen and oxygen atoms in total. The van der Waals surface area contributed by atoms with Crippen LogP contribution in [0.5, 0.6) is 0 Å². The summed E-state index contributed by atoms with van der Waals surface area (Å²) in [7, 11) is 0. The van der Waals surface area contributed by atoms with Gasteiger partial charge in [0.05, 0.1) is 0 Å². The number of hydrogen-bond acceptors (Lipinski definition) is 4. The minimum atomic E-state index is -0.187. The Labute approximate surface area is 166 Å². The highest BCUT2D eigenvalue weighted by Crippen LogP contribution is 2.19. The van der Waals surface area contributed by atoms with Crippen LogP contribution in [0.3, 0.4) is 0 Å². The van der Waals surface area contributed by atoms with E-state index in [0.29, 0.717) is 23.9 Å². The van der Waals surface area contributed by atoms with Crippen molar-refractivity contribution < 1.29 is 4.79 Å². The summed E-state index contributed by atoms with van der Waals surface area (Å²) in [6.45, 7) is 6.73. The molecular formula is C23H26N4O. The molecule has 1 amide bonds. The average Bonchev–Trinajstić information content (AvgIpc) is 2.73. The largest absolute Gasteiger partial charge is 0.366 e. The maximum absolute atomic E-state index is 12.6. The van der Waals surface area contributed by atoms with Crippen molar-refractivity contribution in [1.29, 1.82) is 0 Å². The average molecular weight is 374 g/mol. The number of nitrogens with one attached hydrogen (secondary N) is 2. The van der Waals surface area contributed by atoms with Gasteiger partial charge in [-0.1, -0.05) is 61.5 Å². The van der Waals surface area contributed by atoms with Gasteiger partial charge in [0.25, 0.3) is 5.91 Å². The molecule has 0 spiro atoms. The molecule has 2 N–H and O–H groups in total. The van der Waals surface area contributed by atoms with Crippen LogP contribution in [-0.2, 0) is 6.54 Å². The number of rotatable bonds is 7. The Kier molecular flexibility index (Phi) is 6.37. The predicted octanol–water partition coefficient (Wildman–Crippen LogP) is 4.59. The molecule has 1 atom stereocenters. The van der Waals surface area contributed by atoms with E-state index in [2.05, 4.69) is 39.7 Å². The molecule has 0 saturated carbocycles. The number of carbonyl (C=O) groups excluding carboxylic acids is 1. The molecule has 0 bridgehead atoms. The standard InChI is InChI=1S/C23H26N4O/c1-4-17(3)25-23(28)20-14-21(24-15-19-13-9-8-10-16(19)2)27-22(26-20)18-11-6-5-7-12-18/h5-14,17H,4,15H2,1-3H3,(H,25,28)(H,24,26,27). The van der Waals surface area contributed by atoms with Crippen LogP contribution >= 0.6 is 0 Å². The fourth-order valence-electron chi connectivity index (χ4n) is 2.76. The molecule has 144 valence electrons. The molecule has 1 aromatic heterocycles. The van der Waals surface area contributed by atoms with Crippen LogP contribution in [0.25, 0.3) is 11.4 Å². The van der Waals surface area contributed by atoms with Gasteiger partial charge in [0, 0.05) is 24.2 Å². The van der Waals surface area contributed by atoms with Crippen molar-refractivity contribution in [1.82, 2.24) is 15.3 Å². The molecule has 1 heterocycles. The van der Waals surface area contributed by atoms with E-state index in [1.54, 1.807) is 6.07 Å². The van der Waals surface area contributed by atoms with Gasteiger partial charge in [-0.2, -0.15) is 0 Å². The number of aryl methyl sites for hydroxylation is 1. The second kappa shape index (κ2) is 9.13. The van der Waals surface area contributed by atoms with Gasteiger partial charge < -0.3 is 10.6 Å². The highest BCUT2D eigenvalue weighted by molar-refractivity contribution is 5.93. The number of hydrogen-bond donors (Lipinski definition) is 2. The van der Waals surface area contributed by atoms with Crippen molar-refractivity contribution in [2.75, 3.05) is 5.32 Å². The Morgan fingerprint density at radius 1 is 1.04 bits per heavy atom. The smallest absolute Gasteiger partial charge is 0.270 e. The third-order valence-corrected chi connectivity index (χ3v) is 4.70. The van der Waals surface area contributed by atoms with Crippen molar-refractivity contribution >= 4 is 11.7 Å². The summed E-state index contributed by atoms with van der Waals surface area (Å²) in [5.74, 6) is 0.976. The van der Waals surface area contributed by atoms with E-state index >= 15 is 0 Å². The first-order valence-electron chi connectivity index (χ1n) is 9.60. The Bertz CT molecular complexity index is 940. The molecule has 5 heteroatoms. The third kappa shape index (κ3) is 4.94. The maximum Gasteiger partial charge on any atom is 0.270 e. The summed E-state index contributed by atoms with van der Waals surface area (Å²) in [5, 5.41) is 6.32. The number of anilines is 1. The Morgan fingerprint density at radius 3 is 2.46 bits per heavy atom. The molecule has 0 aliphatic rings. The van der Waals surface area contributed by atoms with Crippen molar-refractivity contribution in [3.05, 3.63) is 77.5 Å². The van der Waals surface area contributed by atoms with Crippen LogP contribution in [0.15, 0.2) is 60.7 Å². The fourth-order valence-corrected chi connectivity index (χ4v) is 2.76. The van der Waals surface area contributed by atoms with Gasteiger partial charge in [-0.25, -0.2) is 9.97 Å². The maximum atomic E-state index is 12.6. The van der Waals surface area contributed by atoms with Crippen LogP contribution < -0.4 is 10.6 Å². The molecular weight excluding hydrogens is 348 g/mol. The minimum Gasteiger partial charge on any atom is -0.366 e. The van der Waals surface area contributed by atoms with Gasteiger partial charge in [-0.15, -0.1) is 0 Å². The summed E-state index contributed by atoms with van der Waals surface area (Å²) in [5.41, 5.74) is 3.64. The molecule has 0 saturated heterocycles. The van der Waals surface area contributed by atoms with Crippen LogP contribution in [0.2, 0.25) is 0 Å². The normalized spacial score (nSPS) is 11.7. The van der Waals surface area contributed by atoms with Gasteiger partial charge >= 0.3 is 0 Å². The summed E-state index contributed by atoms with van der Waals surface area (Å²) >= 11 is 0. The lowest BCUT2D eigenvalue weighted by Crippen LogP contribution is -2.32. The van der Waals surface area contributed by atoms with Crippen molar-refractivity contribution in [3.8, 4) is 11.4 Å². The van der Waals surface area contributed by atoms with E-state index < -0.39 is 0 Å². The molecule has 0 radical (unpaired) electrons. The number of benzene rings is 2. The number of carbonyl (C=O) groups is 1. The first-order chi connectivity index (χ1) is 13.6. The lowest BCUT2D eigenvalue weighted by Gasteiger charge is -2.14. The summed E-state index contributed by atoms with van der Waals surface area (Å²) in [6, 6.07) is 19.7. The van der Waals surface area contributed by atoms with Crippen molar-refractivity contribution in [2.24, 2.45) is 0 Å². The number of aromatic nitrogens is 2. The van der Waals surface area contributed by atoms with E-state index in [1.165, 1.54) is 11.1 Å². The topological polar surface area (TPSA) is 66.9 Å². The summed E-state index contributed by atoms with van der Waals surface area (Å²) in [4.78, 5) is 21.8. The van der Waals surface area contributed by atoms with E-state index in [0.717, 1.165) is 12.0 Å². The van der Waals surface area contributed by atoms with Gasteiger partial charge in [0.2, 0.25) is 0 Å². The molecule has 3 aromatic rings. The van der Waals surface area contributed by atoms with Crippen molar-refractivity contribution in [3.63, 3.8) is 0 Å². The van der Waals surface area contributed by atoms with Gasteiger partial charge in [0.1, 0.15) is 11.5 Å². The summed E-state index contributed by atoms with van der Waals surface area (Å²) in [6.07, 6.45) is 0.862. The second-order valence-corrected chi connectivity index (χ2v) is 6.89. The van der Waals surface area contributed by atoms with Gasteiger partial charge in [-0.05, 0) is 31.4 Å². The minimum absolute atomic E-state index is 0.0889. The Balaban J connectivity index is 1.90. The molecule has 3 rings (SSSR count). The van der Waals surface area contributed by atoms with Crippen LogP contribution in [0.4, 0.5) is 5.82 Å². The fraction of sp³-hybridized carbons (Fsp3) is 0.261. The zero-order chi connectivity index (χ0) is 19.9. The lowest BCUT2D eigenvalue weighted by molar-refractivity contribution is 0.0934. The molecule has 2 aromatic carbocycles. The quantitative estimate of drug-likeness (QED) is 0.635. The molecule has 0 aliphatic heterocycles. The zero-order valence-corrected chi connectivity index (χ0v) is 16.6. The van der Waals surface area contributed by atoms with E-state index in [4.69, 9.17) is 0 Å². The lowest BCUT2D eigenvalue weighted by atomic mass is 10.1. The Hall–Kier alpha value is -3.21. The second-order valence-electron chi connectivity index (χ2n) is 6.89. The summed E-state index contributed by atoms with van der Waals surface area (Å²) < 4.78 is 0. The van der Waals surface area contributed by atoms with Gasteiger partial charge in [0.15, 0.2) is 5.82 Å². The first-order valence-corrected chi connectivity index (χ1v) is 9.60. The highest BCUT2D eigenvalue weighted by Gasteiger charge is 2.14. The molecule has 1 unspecified atom stereocenters. The Morgan fingerprint density at radius 2 is 1.75 bits per heavy atom. The van der Waals surface area contributed by atoms with Crippen LogP contribution in [0.1, 0.15) is 41.9 Å². The van der Waals surface area contributed by atoms with Crippen LogP contribution in [-0.4, -0.2) is 21.9 Å². The molecule has 0 aliphatic carbocycles. The number of nitrogens with zero attached hydrogens (tertiary/aromatic N) is 2. The van der Waals surface area contributed by atoms with E-state index in [9.17, 15) is 4.79 Å². The van der Waals surface area contributed by atoms with E-state index in [1.807, 2.05) is 56.3 Å². The highest BCUT2D eigenvalue weighted by atomic mass is 16.1. The van der Waals surface area contributed by atoms with Crippen molar-refractivity contribution in [2.45, 2.75) is 39.8 Å². The first kappa shape index (κ1) is 19.5. The third-order valence-electron chi connectivity index (χ3n) is 4.70.